The van der Waals surface area contributed by atoms with Crippen molar-refractivity contribution in [1.29, 1.82) is 0 Å². The maximum atomic E-state index is 12.9. The van der Waals surface area contributed by atoms with Crippen LogP contribution in [-0.2, 0) is 40.5 Å². The first-order chi connectivity index (χ1) is 38.9. The number of phenolic OH excluding ortho intramolecular Hbond substituents is 2. The van der Waals surface area contributed by atoms with Gasteiger partial charge in [0.05, 0.1) is 47.9 Å². The zero-order chi connectivity index (χ0) is 60.7. The molecule has 0 unspecified atom stereocenters. The molecule has 7 aromatic carbocycles. The van der Waals surface area contributed by atoms with Gasteiger partial charge in [-0.3, -0.25) is 18.2 Å². The van der Waals surface area contributed by atoms with Gasteiger partial charge < -0.3 is 34.6 Å². The number of benzene rings is 7. The molecule has 0 bridgehead atoms. The fourth-order valence-corrected chi connectivity index (χ4v) is 10.6. The van der Waals surface area contributed by atoms with Crippen molar-refractivity contribution in [3.05, 3.63) is 108 Å². The molecule has 0 fully saturated rings. The number of nitrogens with zero attached hydrogens (tertiary/aromatic N) is 10. The van der Waals surface area contributed by atoms with E-state index in [1.165, 1.54) is 75.6 Å². The molecule has 0 aliphatic carbocycles. The number of hydrogen-bond acceptors (Lipinski definition) is 24. The van der Waals surface area contributed by atoms with Crippen molar-refractivity contribution in [3.8, 4) is 40.3 Å². The number of aryl methyl sites for hydroxylation is 2. The predicted molar refractivity (Wildman–Crippen MR) is 291 cm³/mol. The number of carboxylic acid groups (broad SMARTS) is 1. The van der Waals surface area contributed by atoms with E-state index in [9.17, 15) is 77.1 Å². The third-order valence-corrected chi connectivity index (χ3v) is 15.4. The van der Waals surface area contributed by atoms with Gasteiger partial charge in [-0.1, -0.05) is 0 Å². The molecule has 0 amide bonds. The van der Waals surface area contributed by atoms with Crippen LogP contribution in [-0.4, -0.2) is 108 Å². The highest BCUT2D eigenvalue weighted by atomic mass is 32.2. The number of ether oxygens (including phenoxy) is 3. The van der Waals surface area contributed by atoms with Crippen molar-refractivity contribution in [2.75, 3.05) is 20.3 Å². The zero-order valence-electron chi connectivity index (χ0n) is 43.2. The average Bonchev–Trinajstić information content (AvgIpc) is 3.91. The van der Waals surface area contributed by atoms with Crippen LogP contribution >= 0.6 is 0 Å². The molecule has 34 heteroatoms. The highest BCUT2D eigenvalue weighted by Gasteiger charge is 2.27. The minimum absolute atomic E-state index is 0.00158. The second-order valence-corrected chi connectivity index (χ2v) is 22.8. The largest absolute Gasteiger partial charge is 0.505 e. The number of phenols is 2. The molecule has 0 spiro atoms. The molecule has 0 radical (unpaired) electrons. The number of fused-ring (bicyclic) bond motifs is 2. The van der Waals surface area contributed by atoms with Gasteiger partial charge in [-0.05, 0) is 117 Å². The van der Waals surface area contributed by atoms with Crippen LogP contribution in [0.25, 0.3) is 27.2 Å². The average molecular weight is 1220 g/mol. The molecule has 0 aliphatic rings. The van der Waals surface area contributed by atoms with Crippen LogP contribution in [0.2, 0.25) is 0 Å². The van der Waals surface area contributed by atoms with Crippen molar-refractivity contribution in [1.82, 2.24) is 9.78 Å². The van der Waals surface area contributed by atoms with Crippen LogP contribution in [0.3, 0.4) is 0 Å². The Hall–Kier alpha value is -9.42. The smallest absolute Gasteiger partial charge is 0.338 e. The van der Waals surface area contributed by atoms with Gasteiger partial charge in [-0.2, -0.15) is 48.6 Å². The van der Waals surface area contributed by atoms with E-state index in [2.05, 4.69) is 46.0 Å². The summed E-state index contributed by atoms with van der Waals surface area (Å²) in [6.07, 6.45) is 0. The topological polar surface area (TPSA) is 460 Å². The normalized spacial score (nSPS) is 12.7. The van der Waals surface area contributed by atoms with Gasteiger partial charge >= 0.3 is 5.97 Å². The van der Waals surface area contributed by atoms with E-state index in [-0.39, 0.29) is 97.4 Å². The van der Waals surface area contributed by atoms with Crippen molar-refractivity contribution in [2.45, 2.75) is 47.3 Å². The molecule has 8 aromatic rings. The summed E-state index contributed by atoms with van der Waals surface area (Å²) in [6, 6.07) is 16.9. The summed E-state index contributed by atoms with van der Waals surface area (Å²) in [5.74, 6) is -3.91. The molecule has 0 aliphatic heterocycles. The fraction of sp³-hybridized carbons (Fsp3) is 0.143. The van der Waals surface area contributed by atoms with Crippen LogP contribution < -0.4 is 14.2 Å². The Labute approximate surface area is 469 Å². The monoisotopic (exact) mass is 1220 g/mol. The number of carbonyl (C=O) groups is 1. The van der Waals surface area contributed by atoms with Crippen molar-refractivity contribution in [3.63, 3.8) is 0 Å². The fourth-order valence-electron chi connectivity index (χ4n) is 8.03. The van der Waals surface area contributed by atoms with Gasteiger partial charge in [0.15, 0.2) is 17.2 Å². The molecule has 1 aromatic heterocycles. The minimum atomic E-state index is -5.23. The molecule has 1 heterocycles. The molecule has 0 saturated carbocycles. The number of methoxy groups -OCH3 is 1. The Bertz CT molecular complexity index is 4630. The third kappa shape index (κ3) is 12.6. The van der Waals surface area contributed by atoms with Crippen molar-refractivity contribution >= 4 is 113 Å². The van der Waals surface area contributed by atoms with E-state index < -0.39 is 106 Å². The second-order valence-electron chi connectivity index (χ2n) is 17.3. The minimum Gasteiger partial charge on any atom is -0.505 e. The molecule has 30 nitrogen and oxygen atoms in total. The van der Waals surface area contributed by atoms with E-state index in [1.54, 1.807) is 13.8 Å². The summed E-state index contributed by atoms with van der Waals surface area (Å²) < 4.78 is 155. The lowest BCUT2D eigenvalue weighted by atomic mass is 10.1. The third-order valence-electron chi connectivity index (χ3n) is 11.8. The number of carboxylic acids is 1. The van der Waals surface area contributed by atoms with Gasteiger partial charge in [-0.25, -0.2) is 4.79 Å². The van der Waals surface area contributed by atoms with Crippen LogP contribution in [0.4, 0.5) is 45.5 Å². The van der Waals surface area contributed by atoms with Crippen LogP contribution in [0, 0.1) is 13.8 Å². The predicted octanol–water partition coefficient (Wildman–Crippen LogP) is 11.1. The lowest BCUT2D eigenvalue weighted by Crippen LogP contribution is -2.03. The van der Waals surface area contributed by atoms with Crippen molar-refractivity contribution < 1.29 is 91.3 Å². The van der Waals surface area contributed by atoms with Gasteiger partial charge in [0.2, 0.25) is 5.88 Å². The van der Waals surface area contributed by atoms with Crippen molar-refractivity contribution in [2.24, 2.45) is 40.9 Å². The Kier molecular flexibility index (Phi) is 16.4. The first kappa shape index (κ1) is 59.7. The summed E-state index contributed by atoms with van der Waals surface area (Å²) in [5, 5.41) is 80.1. The zero-order valence-corrected chi connectivity index (χ0v) is 46.4. The SMILES string of the molecule is CCOc1cc(/N=N/c2c(S(=O)(=O)O)cc3cc(/N=N/c4c(C)nn(-c5ccc6c(O)c(/N=N/c7ccc(S(=O)(=O)O)cc7C(=O)O)c(S(=O)(=O)O)cc6c5)c4O)ccc3c2O)c(OCC)cc1/N=N/c1cc(C)c(S(=O)(=O)O)cc1OC. The Morgan fingerprint density at radius 1 is 0.530 bits per heavy atom. The van der Waals surface area contributed by atoms with Gasteiger partial charge in [-0.15, -0.1) is 35.8 Å². The summed E-state index contributed by atoms with van der Waals surface area (Å²) in [5.41, 5.74) is -2.69. The highest BCUT2D eigenvalue weighted by molar-refractivity contribution is 7.86. The first-order valence-electron chi connectivity index (χ1n) is 23.4. The standard InChI is InChI=1S/C49H42N10O20S4/c1-6-78-38-21-36(39(79-7-2)20-35(38)53-52-34-14-23(3)40(81(68,69)70)22-37(34)77-5)54-57-45-41(82(71,72)73)17-25-15-27(8-11-30(25)46(45)60)50-55-43-24(4)58-59(48(43)62)28-9-12-31-26(16-28)18-42(83(74,75)76)44(47(31)61)56-51-33-13-10-29(80(65,66)67)19-32(33)49(63)64/h8-22,60-62H,6-7H2,1-5H3,(H,63,64)(H,65,66,67)(H,68,69,70)(H,71,72,73)(H,74,75,76)/b53-52+,55-50+,56-51+,57-54+. The van der Waals surface area contributed by atoms with Gasteiger partial charge in [0.1, 0.15) is 66.1 Å². The number of aromatic carboxylic acids is 1. The molecule has 8 N–H and O–H groups in total. The van der Waals surface area contributed by atoms with Crippen LogP contribution in [0.1, 0.15) is 35.5 Å². The van der Waals surface area contributed by atoms with Crippen LogP contribution in [0.15, 0.2) is 151 Å². The maximum Gasteiger partial charge on any atom is 0.338 e. The summed E-state index contributed by atoms with van der Waals surface area (Å²) >= 11 is 0. The molecule has 0 atom stereocenters. The molecular weight excluding hydrogens is 1180 g/mol. The molecule has 0 saturated heterocycles. The number of aromatic nitrogens is 2. The first-order valence-corrected chi connectivity index (χ1v) is 29.1. The summed E-state index contributed by atoms with van der Waals surface area (Å²) in [7, 11) is -18.6. The van der Waals surface area contributed by atoms with E-state index in [4.69, 9.17) is 14.2 Å². The number of azo groups is 4. The highest BCUT2D eigenvalue weighted by Crippen LogP contribution is 2.47. The van der Waals surface area contributed by atoms with E-state index in [1.807, 2.05) is 0 Å². The van der Waals surface area contributed by atoms with E-state index in [0.717, 1.165) is 35.0 Å². The number of hydrogen-bond donors (Lipinski definition) is 8. The van der Waals surface area contributed by atoms with E-state index >= 15 is 0 Å². The Morgan fingerprint density at radius 3 is 1.53 bits per heavy atom. The number of rotatable bonds is 19. The van der Waals surface area contributed by atoms with Gasteiger partial charge in [0, 0.05) is 29.0 Å². The second kappa shape index (κ2) is 22.8. The molecule has 8 rings (SSSR count). The molecular formula is C49H42N10O20S4. The van der Waals surface area contributed by atoms with E-state index in [0.29, 0.717) is 6.07 Å². The maximum absolute atomic E-state index is 12.9. The quantitative estimate of drug-likeness (QED) is 0.0275. The lowest BCUT2D eigenvalue weighted by Gasteiger charge is -2.13. The summed E-state index contributed by atoms with van der Waals surface area (Å²) in [6.45, 7) is 6.35. The Morgan fingerprint density at radius 2 is 1.02 bits per heavy atom. The Balaban J connectivity index is 1.10. The lowest BCUT2D eigenvalue weighted by molar-refractivity contribution is 0.0697. The molecule has 432 valence electrons. The van der Waals surface area contributed by atoms with Gasteiger partial charge in [0.25, 0.3) is 40.5 Å². The summed E-state index contributed by atoms with van der Waals surface area (Å²) in [4.78, 5) is 8.77. The molecule has 83 heavy (non-hydrogen) atoms. The van der Waals surface area contributed by atoms with Crippen LogP contribution in [0.5, 0.6) is 34.6 Å². The number of aromatic hydroxyl groups is 3.